The molecule has 0 amide bonds. The maximum atomic E-state index is 14.3. The average Bonchev–Trinajstić information content (AvgIpc) is 3.29. The number of methoxy groups -OCH3 is 1. The molecule has 182 valence electrons. The maximum Gasteiger partial charge on any atom is 0.229 e. The molecule has 0 radical (unpaired) electrons. The zero-order valence-electron chi connectivity index (χ0n) is 19.8. The highest BCUT2D eigenvalue weighted by atomic mass is 35.5. The molecule has 0 aliphatic carbocycles. The van der Waals surface area contributed by atoms with E-state index >= 15 is 0 Å². The second kappa shape index (κ2) is 10.1. The van der Waals surface area contributed by atoms with E-state index in [1.807, 2.05) is 36.4 Å². The highest BCUT2D eigenvalue weighted by Gasteiger charge is 2.14. The molecule has 36 heavy (non-hydrogen) atoms. The minimum Gasteiger partial charge on any atom is -0.494 e. The van der Waals surface area contributed by atoms with E-state index in [0.717, 1.165) is 22.3 Å². The summed E-state index contributed by atoms with van der Waals surface area (Å²) in [6.07, 6.45) is 1.56. The van der Waals surface area contributed by atoms with E-state index in [0.29, 0.717) is 28.0 Å². The molecule has 0 unspecified atom stereocenters. The van der Waals surface area contributed by atoms with E-state index in [2.05, 4.69) is 50.2 Å². The Morgan fingerprint density at radius 3 is 2.64 bits per heavy atom. The van der Waals surface area contributed by atoms with Gasteiger partial charge in [0, 0.05) is 22.3 Å². The SMILES string of the molecule is COc1ccc(-c2n[nH]c3ccc(Nc4ncc(Cl)c(Nc5ccccc5P(C)C)n4)cc23)cc1F. The topological polar surface area (TPSA) is 87.8 Å². The normalized spacial score (nSPS) is 11.2. The molecule has 0 fully saturated rings. The van der Waals surface area contributed by atoms with E-state index in [9.17, 15) is 4.39 Å². The number of aromatic nitrogens is 4. The van der Waals surface area contributed by atoms with Crippen molar-refractivity contribution in [3.8, 4) is 17.0 Å². The maximum absolute atomic E-state index is 14.3. The largest absolute Gasteiger partial charge is 0.494 e. The van der Waals surface area contributed by atoms with Crippen molar-refractivity contribution in [2.24, 2.45) is 0 Å². The summed E-state index contributed by atoms with van der Waals surface area (Å²) in [7, 11) is 1.12. The lowest BCUT2D eigenvalue weighted by Crippen LogP contribution is -2.09. The van der Waals surface area contributed by atoms with E-state index in [-0.39, 0.29) is 13.7 Å². The van der Waals surface area contributed by atoms with Crippen LogP contribution in [0.25, 0.3) is 22.2 Å². The number of para-hydroxylation sites is 1. The third-order valence-corrected chi connectivity index (χ3v) is 7.26. The highest BCUT2D eigenvalue weighted by molar-refractivity contribution is 7.64. The predicted molar refractivity (Wildman–Crippen MR) is 146 cm³/mol. The lowest BCUT2D eigenvalue weighted by molar-refractivity contribution is 0.386. The second-order valence-corrected chi connectivity index (χ2v) is 10.9. The van der Waals surface area contributed by atoms with Crippen molar-refractivity contribution >= 4 is 58.9 Å². The monoisotopic (exact) mass is 520 g/mol. The van der Waals surface area contributed by atoms with Gasteiger partial charge in [-0.2, -0.15) is 10.1 Å². The number of nitrogens with one attached hydrogen (secondary N) is 3. The molecule has 10 heteroatoms. The lowest BCUT2D eigenvalue weighted by atomic mass is 10.1. The third kappa shape index (κ3) is 4.83. The van der Waals surface area contributed by atoms with Crippen LogP contribution in [0.2, 0.25) is 5.02 Å². The van der Waals surface area contributed by atoms with E-state index in [1.165, 1.54) is 18.5 Å². The van der Waals surface area contributed by atoms with Crippen LogP contribution in [0.3, 0.4) is 0 Å². The number of halogens is 2. The zero-order chi connectivity index (χ0) is 25.2. The first-order chi connectivity index (χ1) is 17.4. The first-order valence-corrected chi connectivity index (χ1v) is 13.7. The van der Waals surface area contributed by atoms with Crippen LogP contribution in [0, 0.1) is 5.82 Å². The molecule has 3 N–H and O–H groups in total. The molecule has 0 bridgehead atoms. The van der Waals surface area contributed by atoms with Crippen LogP contribution in [0.15, 0.2) is 66.9 Å². The molecular formula is C26H23ClFN6OP. The summed E-state index contributed by atoms with van der Waals surface area (Å²) in [5.74, 6) is 0.629. The Labute approximate surface area is 213 Å². The number of nitrogens with zero attached hydrogens (tertiary/aromatic N) is 3. The lowest BCUT2D eigenvalue weighted by Gasteiger charge is -2.15. The van der Waals surface area contributed by atoms with Gasteiger partial charge in [-0.1, -0.05) is 37.7 Å². The Morgan fingerprint density at radius 1 is 1.03 bits per heavy atom. The Balaban J connectivity index is 1.44. The summed E-state index contributed by atoms with van der Waals surface area (Å²) in [4.78, 5) is 8.93. The predicted octanol–water partition coefficient (Wildman–Crippen LogP) is 6.68. The van der Waals surface area contributed by atoms with Crippen molar-refractivity contribution in [1.82, 2.24) is 20.2 Å². The van der Waals surface area contributed by atoms with Crippen molar-refractivity contribution in [2.75, 3.05) is 31.1 Å². The van der Waals surface area contributed by atoms with Crippen molar-refractivity contribution < 1.29 is 9.13 Å². The summed E-state index contributed by atoms with van der Waals surface area (Å²) >= 11 is 6.41. The number of hydrogen-bond acceptors (Lipinski definition) is 6. The van der Waals surface area contributed by atoms with E-state index in [4.69, 9.17) is 16.3 Å². The fourth-order valence-electron chi connectivity index (χ4n) is 3.87. The molecule has 0 aliphatic rings. The Hall–Kier alpha value is -3.74. The molecule has 2 heterocycles. The van der Waals surface area contributed by atoms with Crippen molar-refractivity contribution in [2.45, 2.75) is 0 Å². The quantitative estimate of drug-likeness (QED) is 0.208. The van der Waals surface area contributed by atoms with Gasteiger partial charge in [-0.15, -0.1) is 0 Å². The van der Waals surface area contributed by atoms with Crippen LogP contribution in [-0.4, -0.2) is 40.6 Å². The first kappa shape index (κ1) is 24.0. The van der Waals surface area contributed by atoms with Gasteiger partial charge in [0.15, 0.2) is 17.4 Å². The van der Waals surface area contributed by atoms with Crippen LogP contribution in [-0.2, 0) is 0 Å². The first-order valence-electron chi connectivity index (χ1n) is 11.1. The number of aromatic amines is 1. The summed E-state index contributed by atoms with van der Waals surface area (Å²) in [5.41, 5.74) is 3.80. The summed E-state index contributed by atoms with van der Waals surface area (Å²) < 4.78 is 19.3. The molecule has 0 aliphatic heterocycles. The van der Waals surface area contributed by atoms with Gasteiger partial charge in [0.05, 0.1) is 18.8 Å². The number of hydrogen-bond donors (Lipinski definition) is 3. The summed E-state index contributed by atoms with van der Waals surface area (Å²) in [5, 5.41) is 16.4. The molecule has 5 aromatic rings. The molecule has 0 spiro atoms. The zero-order valence-corrected chi connectivity index (χ0v) is 21.5. The fourth-order valence-corrected chi connectivity index (χ4v) is 5.00. The standard InChI is InChI=1S/C26H23ClFN6OP/c1-35-22-11-8-15(12-19(22)28)24-17-13-16(9-10-20(17)33-34-24)30-26-29-14-18(27)25(32-26)31-21-6-4-5-7-23(21)36(2)3/h4-14H,1-3H3,(H,33,34)(H2,29,30,31,32). The molecule has 5 rings (SSSR count). The Bertz CT molecular complexity index is 1560. The van der Waals surface area contributed by atoms with Crippen molar-refractivity contribution in [3.05, 3.63) is 77.7 Å². The van der Waals surface area contributed by atoms with Gasteiger partial charge < -0.3 is 15.4 Å². The molecule has 2 aromatic heterocycles. The molecule has 0 saturated heterocycles. The third-order valence-electron chi connectivity index (χ3n) is 5.63. The average molecular weight is 521 g/mol. The van der Waals surface area contributed by atoms with Crippen LogP contribution >= 0.6 is 19.5 Å². The van der Waals surface area contributed by atoms with Gasteiger partial charge >= 0.3 is 0 Å². The molecule has 3 aromatic carbocycles. The molecule has 0 atom stereocenters. The van der Waals surface area contributed by atoms with Gasteiger partial charge in [0.2, 0.25) is 5.95 Å². The fraction of sp³-hybridized carbons (Fsp3) is 0.115. The van der Waals surface area contributed by atoms with Gasteiger partial charge in [-0.05, 0) is 61.1 Å². The number of fused-ring (bicyclic) bond motifs is 1. The van der Waals surface area contributed by atoms with Crippen LogP contribution < -0.4 is 20.7 Å². The molecule has 0 saturated carbocycles. The highest BCUT2D eigenvalue weighted by Crippen LogP contribution is 2.33. The van der Waals surface area contributed by atoms with Crippen LogP contribution in [0.1, 0.15) is 0 Å². The summed E-state index contributed by atoms with van der Waals surface area (Å²) in [6.45, 7) is 4.40. The second-order valence-electron chi connectivity index (χ2n) is 8.23. The Kier molecular flexibility index (Phi) is 6.72. The summed E-state index contributed by atoms with van der Waals surface area (Å²) in [6, 6.07) is 18.6. The minimum absolute atomic E-state index is 0.183. The van der Waals surface area contributed by atoms with Gasteiger partial charge in [-0.25, -0.2) is 9.37 Å². The number of anilines is 4. The molecule has 7 nitrogen and oxygen atoms in total. The molecular weight excluding hydrogens is 498 g/mol. The van der Waals surface area contributed by atoms with Gasteiger partial charge in [-0.3, -0.25) is 5.10 Å². The van der Waals surface area contributed by atoms with Crippen LogP contribution in [0.5, 0.6) is 5.75 Å². The van der Waals surface area contributed by atoms with E-state index in [1.54, 1.807) is 18.3 Å². The van der Waals surface area contributed by atoms with Crippen LogP contribution in [0.4, 0.5) is 27.5 Å². The smallest absolute Gasteiger partial charge is 0.229 e. The number of benzene rings is 3. The van der Waals surface area contributed by atoms with Gasteiger partial charge in [0.25, 0.3) is 0 Å². The van der Waals surface area contributed by atoms with Crippen molar-refractivity contribution in [1.29, 1.82) is 0 Å². The van der Waals surface area contributed by atoms with Gasteiger partial charge in [0.1, 0.15) is 10.7 Å². The number of H-pyrrole nitrogens is 1. The Morgan fingerprint density at radius 2 is 1.86 bits per heavy atom. The van der Waals surface area contributed by atoms with Crippen molar-refractivity contribution in [3.63, 3.8) is 0 Å². The minimum atomic E-state index is -0.449. The number of ether oxygens (including phenoxy) is 1. The number of rotatable bonds is 7. The van der Waals surface area contributed by atoms with E-state index < -0.39 is 5.82 Å².